The topological polar surface area (TPSA) is 0 Å². The Morgan fingerprint density at radius 3 is 2.21 bits per heavy atom. The molecule has 0 nitrogen and oxygen atoms in total. The first-order valence-corrected chi connectivity index (χ1v) is 3.84. The molecule has 0 aliphatic rings. The zero-order valence-electron chi connectivity index (χ0n) is 7.20. The minimum atomic E-state index is -4.56. The first-order chi connectivity index (χ1) is 6.32. The van der Waals surface area contributed by atoms with Gasteiger partial charge >= 0.3 is 6.18 Å². The standard InChI is InChI=1S/C9H7F5/c1-5(9(12,13)14)7-4-6(10)2-3-8(7)11/h2-5H,1H3. The molecule has 1 rings (SSSR count). The second kappa shape index (κ2) is 3.55. The zero-order chi connectivity index (χ0) is 10.9. The van der Waals surface area contributed by atoms with Crippen molar-refractivity contribution < 1.29 is 22.0 Å². The summed E-state index contributed by atoms with van der Waals surface area (Å²) in [5.41, 5.74) is -0.669. The predicted octanol–water partition coefficient (Wildman–Crippen LogP) is 3.63. The molecular formula is C9H7F5. The summed E-state index contributed by atoms with van der Waals surface area (Å²) in [6.45, 7) is 0.790. The van der Waals surface area contributed by atoms with Crippen molar-refractivity contribution in [2.24, 2.45) is 0 Å². The third kappa shape index (κ3) is 2.21. The van der Waals surface area contributed by atoms with Gasteiger partial charge in [-0.05, 0) is 25.1 Å². The molecule has 0 amide bonds. The zero-order valence-corrected chi connectivity index (χ0v) is 7.20. The molecule has 1 aromatic rings. The van der Waals surface area contributed by atoms with Crippen molar-refractivity contribution in [3.8, 4) is 0 Å². The molecule has 14 heavy (non-hydrogen) atoms. The van der Waals surface area contributed by atoms with E-state index >= 15 is 0 Å². The lowest BCUT2D eigenvalue weighted by molar-refractivity contribution is -0.146. The van der Waals surface area contributed by atoms with Gasteiger partial charge in [-0.15, -0.1) is 0 Å². The number of alkyl halides is 3. The lowest BCUT2D eigenvalue weighted by Crippen LogP contribution is -2.19. The molecule has 0 saturated carbocycles. The van der Waals surface area contributed by atoms with E-state index in [-0.39, 0.29) is 0 Å². The van der Waals surface area contributed by atoms with Crippen LogP contribution in [0.3, 0.4) is 0 Å². The molecule has 0 fully saturated rings. The number of rotatable bonds is 1. The Kier molecular flexibility index (Phi) is 2.78. The molecule has 0 N–H and O–H groups in total. The van der Waals surface area contributed by atoms with Gasteiger partial charge in [0.05, 0.1) is 5.92 Å². The summed E-state index contributed by atoms with van der Waals surface area (Å²) in [7, 11) is 0. The van der Waals surface area contributed by atoms with Crippen molar-refractivity contribution in [2.75, 3.05) is 0 Å². The molecule has 0 aromatic heterocycles. The molecule has 0 radical (unpaired) electrons. The van der Waals surface area contributed by atoms with Crippen LogP contribution in [0.1, 0.15) is 18.4 Å². The van der Waals surface area contributed by atoms with Crippen molar-refractivity contribution in [3.63, 3.8) is 0 Å². The quantitative estimate of drug-likeness (QED) is 0.621. The maximum absolute atomic E-state index is 12.9. The lowest BCUT2D eigenvalue weighted by atomic mass is 10.00. The Morgan fingerprint density at radius 1 is 1.14 bits per heavy atom. The van der Waals surface area contributed by atoms with Crippen LogP contribution < -0.4 is 0 Å². The monoisotopic (exact) mass is 210 g/mol. The van der Waals surface area contributed by atoms with Crippen LogP contribution >= 0.6 is 0 Å². The highest BCUT2D eigenvalue weighted by atomic mass is 19.4. The highest BCUT2D eigenvalue weighted by molar-refractivity contribution is 5.23. The summed E-state index contributed by atoms with van der Waals surface area (Å²) < 4.78 is 61.9. The molecule has 0 aliphatic heterocycles. The molecule has 1 atom stereocenters. The summed E-state index contributed by atoms with van der Waals surface area (Å²) in [5.74, 6) is -3.92. The first-order valence-electron chi connectivity index (χ1n) is 3.84. The second-order valence-electron chi connectivity index (χ2n) is 2.93. The molecule has 1 aromatic carbocycles. The Morgan fingerprint density at radius 2 is 1.71 bits per heavy atom. The van der Waals surface area contributed by atoms with Gasteiger partial charge in [0.2, 0.25) is 0 Å². The van der Waals surface area contributed by atoms with Crippen molar-refractivity contribution >= 4 is 0 Å². The van der Waals surface area contributed by atoms with Crippen LogP contribution in [0.4, 0.5) is 22.0 Å². The van der Waals surface area contributed by atoms with Crippen molar-refractivity contribution in [1.82, 2.24) is 0 Å². The van der Waals surface area contributed by atoms with Gasteiger partial charge in [-0.3, -0.25) is 0 Å². The minimum Gasteiger partial charge on any atom is -0.207 e. The van der Waals surface area contributed by atoms with E-state index in [1.807, 2.05) is 0 Å². The first kappa shape index (κ1) is 10.9. The Bertz CT molecular complexity index is 328. The maximum atomic E-state index is 12.9. The van der Waals surface area contributed by atoms with Crippen LogP contribution in [-0.2, 0) is 0 Å². The van der Waals surface area contributed by atoms with Crippen LogP contribution in [-0.4, -0.2) is 6.18 Å². The van der Waals surface area contributed by atoms with Crippen molar-refractivity contribution in [1.29, 1.82) is 0 Å². The molecule has 5 heteroatoms. The van der Waals surface area contributed by atoms with Gasteiger partial charge in [0.25, 0.3) is 0 Å². The largest absolute Gasteiger partial charge is 0.395 e. The van der Waals surface area contributed by atoms with Gasteiger partial charge in [-0.2, -0.15) is 13.2 Å². The summed E-state index contributed by atoms with van der Waals surface area (Å²) in [4.78, 5) is 0. The Balaban J connectivity index is 3.12. The molecule has 0 heterocycles. The fourth-order valence-electron chi connectivity index (χ4n) is 1.02. The summed E-state index contributed by atoms with van der Waals surface area (Å²) in [6, 6.07) is 2.03. The SMILES string of the molecule is CC(c1cc(F)ccc1F)C(F)(F)F. The van der Waals surface area contributed by atoms with Crippen molar-refractivity contribution in [3.05, 3.63) is 35.4 Å². The van der Waals surface area contributed by atoms with Crippen LogP contribution in [0.15, 0.2) is 18.2 Å². The molecule has 0 saturated heterocycles. The second-order valence-corrected chi connectivity index (χ2v) is 2.93. The smallest absolute Gasteiger partial charge is 0.207 e. The van der Waals surface area contributed by atoms with Crippen LogP contribution in [0.25, 0.3) is 0 Å². The van der Waals surface area contributed by atoms with E-state index in [1.165, 1.54) is 0 Å². The van der Waals surface area contributed by atoms with Gasteiger partial charge in [0, 0.05) is 5.56 Å². The van der Waals surface area contributed by atoms with Crippen molar-refractivity contribution in [2.45, 2.75) is 19.0 Å². The van der Waals surface area contributed by atoms with E-state index in [0.717, 1.165) is 13.0 Å². The third-order valence-electron chi connectivity index (χ3n) is 1.92. The Labute approximate surface area is 77.4 Å². The normalized spacial score (nSPS) is 14.1. The highest BCUT2D eigenvalue weighted by Crippen LogP contribution is 2.35. The average Bonchev–Trinajstić information content (AvgIpc) is 2.06. The fourth-order valence-corrected chi connectivity index (χ4v) is 1.02. The molecule has 78 valence electrons. The van der Waals surface area contributed by atoms with Gasteiger partial charge in [0.1, 0.15) is 11.6 Å². The number of hydrogen-bond acceptors (Lipinski definition) is 0. The van der Waals surface area contributed by atoms with Gasteiger partial charge in [-0.1, -0.05) is 0 Å². The van der Waals surface area contributed by atoms with Crippen LogP contribution in [0.5, 0.6) is 0 Å². The Hall–Kier alpha value is -1.13. The molecular weight excluding hydrogens is 203 g/mol. The third-order valence-corrected chi connectivity index (χ3v) is 1.92. The van der Waals surface area contributed by atoms with Crippen LogP contribution in [0.2, 0.25) is 0 Å². The molecule has 1 unspecified atom stereocenters. The van der Waals surface area contributed by atoms with E-state index in [9.17, 15) is 22.0 Å². The summed E-state index contributed by atoms with van der Waals surface area (Å²) in [6.07, 6.45) is -4.56. The predicted molar refractivity (Wildman–Crippen MR) is 40.8 cm³/mol. The summed E-state index contributed by atoms with van der Waals surface area (Å²) >= 11 is 0. The van der Waals surface area contributed by atoms with E-state index in [0.29, 0.717) is 12.1 Å². The van der Waals surface area contributed by atoms with E-state index in [2.05, 4.69) is 0 Å². The highest BCUT2D eigenvalue weighted by Gasteiger charge is 2.38. The molecule has 0 spiro atoms. The number of benzene rings is 1. The fraction of sp³-hybridized carbons (Fsp3) is 0.333. The minimum absolute atomic E-state index is 0.563. The van der Waals surface area contributed by atoms with E-state index < -0.39 is 29.3 Å². The van der Waals surface area contributed by atoms with Crippen LogP contribution in [0, 0.1) is 11.6 Å². The molecule has 0 bridgehead atoms. The van der Waals surface area contributed by atoms with E-state index in [4.69, 9.17) is 0 Å². The molecule has 0 aliphatic carbocycles. The lowest BCUT2D eigenvalue weighted by Gasteiger charge is -2.16. The van der Waals surface area contributed by atoms with Gasteiger partial charge in [0.15, 0.2) is 0 Å². The maximum Gasteiger partial charge on any atom is 0.395 e. The van der Waals surface area contributed by atoms with E-state index in [1.54, 1.807) is 0 Å². The van der Waals surface area contributed by atoms with Gasteiger partial charge < -0.3 is 0 Å². The number of halogens is 5. The average molecular weight is 210 g/mol. The number of hydrogen-bond donors (Lipinski definition) is 0. The van der Waals surface area contributed by atoms with Gasteiger partial charge in [-0.25, -0.2) is 8.78 Å². The summed E-state index contributed by atoms with van der Waals surface area (Å²) in [5, 5.41) is 0.